The number of carbonyl (C=O) groups excluding carboxylic acids is 1. The Bertz CT molecular complexity index is 397. The molecule has 0 spiro atoms. The van der Waals surface area contributed by atoms with Crippen LogP contribution in [0.2, 0.25) is 0 Å². The normalized spacial score (nSPS) is 17.7. The fourth-order valence-electron chi connectivity index (χ4n) is 2.41. The fraction of sp³-hybridized carbons (Fsp3) is 0.571. The molecule has 4 heteroatoms. The van der Waals surface area contributed by atoms with Gasteiger partial charge in [-0.2, -0.15) is 0 Å². The standard InChI is InChI=1S/C14H21N3O/c1-14(2,17-9-7-16-8-10-17)11-13(18)12-3-5-15-6-4-12/h3-6,16H,7-11H2,1-2H3. The first kappa shape index (κ1) is 13.2. The van der Waals surface area contributed by atoms with Crippen molar-refractivity contribution in [3.05, 3.63) is 30.1 Å². The number of nitrogens with zero attached hydrogens (tertiary/aromatic N) is 2. The number of carbonyl (C=O) groups is 1. The first-order valence-electron chi connectivity index (χ1n) is 6.48. The Balaban J connectivity index is 2.01. The molecule has 0 bridgehead atoms. The van der Waals surface area contributed by atoms with E-state index in [1.54, 1.807) is 24.5 Å². The van der Waals surface area contributed by atoms with E-state index in [1.165, 1.54) is 0 Å². The van der Waals surface area contributed by atoms with Gasteiger partial charge in [0.25, 0.3) is 0 Å². The minimum atomic E-state index is -0.0809. The van der Waals surface area contributed by atoms with Crippen molar-refractivity contribution < 1.29 is 4.79 Å². The first-order chi connectivity index (χ1) is 8.59. The number of rotatable bonds is 4. The molecule has 2 heterocycles. The van der Waals surface area contributed by atoms with Crippen LogP contribution >= 0.6 is 0 Å². The second-order valence-corrected chi connectivity index (χ2v) is 5.39. The Morgan fingerprint density at radius 3 is 2.56 bits per heavy atom. The molecule has 0 aliphatic carbocycles. The van der Waals surface area contributed by atoms with Crippen LogP contribution in [0.3, 0.4) is 0 Å². The Labute approximate surface area is 108 Å². The van der Waals surface area contributed by atoms with Crippen LogP contribution in [-0.4, -0.2) is 47.4 Å². The zero-order valence-corrected chi connectivity index (χ0v) is 11.1. The molecule has 4 nitrogen and oxygen atoms in total. The number of nitrogens with one attached hydrogen (secondary N) is 1. The molecule has 0 amide bonds. The minimum Gasteiger partial charge on any atom is -0.314 e. The maximum atomic E-state index is 12.2. The monoisotopic (exact) mass is 247 g/mol. The number of piperazine rings is 1. The lowest BCUT2D eigenvalue weighted by molar-refractivity contribution is 0.0729. The van der Waals surface area contributed by atoms with Crippen LogP contribution in [0.15, 0.2) is 24.5 Å². The van der Waals surface area contributed by atoms with Crippen molar-refractivity contribution >= 4 is 5.78 Å². The van der Waals surface area contributed by atoms with E-state index in [2.05, 4.69) is 29.0 Å². The molecule has 1 saturated heterocycles. The summed E-state index contributed by atoms with van der Waals surface area (Å²) in [5.74, 6) is 0.195. The van der Waals surface area contributed by atoms with Crippen LogP contribution in [0.25, 0.3) is 0 Å². The zero-order valence-electron chi connectivity index (χ0n) is 11.1. The Morgan fingerprint density at radius 1 is 1.33 bits per heavy atom. The van der Waals surface area contributed by atoms with E-state index < -0.39 is 0 Å². The predicted octanol–water partition coefficient (Wildman–Crippen LogP) is 1.34. The molecular formula is C14H21N3O. The molecule has 0 saturated carbocycles. The van der Waals surface area contributed by atoms with Gasteiger partial charge < -0.3 is 5.32 Å². The third kappa shape index (κ3) is 3.15. The van der Waals surface area contributed by atoms with Gasteiger partial charge in [0.2, 0.25) is 0 Å². The lowest BCUT2D eigenvalue weighted by Gasteiger charge is -2.40. The van der Waals surface area contributed by atoms with E-state index in [4.69, 9.17) is 0 Å². The summed E-state index contributed by atoms with van der Waals surface area (Å²) >= 11 is 0. The zero-order chi connectivity index (χ0) is 13.0. The van der Waals surface area contributed by atoms with Gasteiger partial charge in [0.1, 0.15) is 0 Å². The van der Waals surface area contributed by atoms with Crippen molar-refractivity contribution in [3.8, 4) is 0 Å². The van der Waals surface area contributed by atoms with Gasteiger partial charge in [-0.15, -0.1) is 0 Å². The number of ketones is 1. The Morgan fingerprint density at radius 2 is 1.94 bits per heavy atom. The molecular weight excluding hydrogens is 226 g/mol. The molecule has 1 aliphatic rings. The van der Waals surface area contributed by atoms with E-state index >= 15 is 0 Å². The van der Waals surface area contributed by atoms with E-state index in [9.17, 15) is 4.79 Å². The van der Waals surface area contributed by atoms with Crippen molar-refractivity contribution in [3.63, 3.8) is 0 Å². The first-order valence-corrected chi connectivity index (χ1v) is 6.48. The second kappa shape index (κ2) is 5.59. The number of pyridine rings is 1. The minimum absolute atomic E-state index is 0.0809. The molecule has 1 aromatic rings. The van der Waals surface area contributed by atoms with E-state index in [0.717, 1.165) is 31.7 Å². The summed E-state index contributed by atoms with van der Waals surface area (Å²) in [4.78, 5) is 18.6. The topological polar surface area (TPSA) is 45.2 Å². The smallest absolute Gasteiger partial charge is 0.164 e. The molecule has 0 radical (unpaired) electrons. The molecule has 1 aromatic heterocycles. The van der Waals surface area contributed by atoms with Gasteiger partial charge >= 0.3 is 0 Å². The highest BCUT2D eigenvalue weighted by molar-refractivity contribution is 5.96. The summed E-state index contributed by atoms with van der Waals surface area (Å²) in [5, 5.41) is 3.34. The number of hydrogen-bond acceptors (Lipinski definition) is 4. The molecule has 18 heavy (non-hydrogen) atoms. The molecule has 0 aromatic carbocycles. The number of hydrogen-bond donors (Lipinski definition) is 1. The van der Waals surface area contributed by atoms with Crippen LogP contribution < -0.4 is 5.32 Å². The molecule has 1 fully saturated rings. The van der Waals surface area contributed by atoms with Crippen LogP contribution in [0.5, 0.6) is 0 Å². The Hall–Kier alpha value is -1.26. The summed E-state index contributed by atoms with van der Waals surface area (Å²) in [6.07, 6.45) is 3.90. The van der Waals surface area contributed by atoms with Gasteiger partial charge in [-0.05, 0) is 26.0 Å². The lowest BCUT2D eigenvalue weighted by atomic mass is 9.92. The molecule has 98 valence electrons. The van der Waals surface area contributed by atoms with Crippen LogP contribution in [0, 0.1) is 0 Å². The van der Waals surface area contributed by atoms with Gasteiger partial charge in [-0.1, -0.05) is 0 Å². The van der Waals surface area contributed by atoms with Crippen molar-refractivity contribution in [2.45, 2.75) is 25.8 Å². The summed E-state index contributed by atoms with van der Waals surface area (Å²) < 4.78 is 0. The van der Waals surface area contributed by atoms with E-state index in [-0.39, 0.29) is 11.3 Å². The predicted molar refractivity (Wildman–Crippen MR) is 71.7 cm³/mol. The highest BCUT2D eigenvalue weighted by Gasteiger charge is 2.30. The summed E-state index contributed by atoms with van der Waals surface area (Å²) in [7, 11) is 0. The van der Waals surface area contributed by atoms with Gasteiger partial charge in [0, 0.05) is 56.1 Å². The maximum absolute atomic E-state index is 12.2. The average Bonchev–Trinajstić information content (AvgIpc) is 2.40. The molecule has 0 unspecified atom stereocenters. The third-order valence-electron chi connectivity index (χ3n) is 3.57. The van der Waals surface area contributed by atoms with Crippen LogP contribution in [-0.2, 0) is 0 Å². The number of aromatic nitrogens is 1. The quantitative estimate of drug-likeness (QED) is 0.816. The molecule has 1 N–H and O–H groups in total. The van der Waals surface area contributed by atoms with Crippen molar-refractivity contribution in [2.24, 2.45) is 0 Å². The van der Waals surface area contributed by atoms with Crippen molar-refractivity contribution in [1.29, 1.82) is 0 Å². The summed E-state index contributed by atoms with van der Waals surface area (Å²) in [5.41, 5.74) is 0.677. The van der Waals surface area contributed by atoms with E-state index in [0.29, 0.717) is 6.42 Å². The maximum Gasteiger partial charge on any atom is 0.164 e. The van der Waals surface area contributed by atoms with Gasteiger partial charge in [0.05, 0.1) is 0 Å². The van der Waals surface area contributed by atoms with Gasteiger partial charge in [0.15, 0.2) is 5.78 Å². The summed E-state index contributed by atoms with van der Waals surface area (Å²) in [6, 6.07) is 3.58. The van der Waals surface area contributed by atoms with Crippen LogP contribution in [0.1, 0.15) is 30.6 Å². The SMILES string of the molecule is CC(C)(CC(=O)c1ccncc1)N1CCNCC1. The van der Waals surface area contributed by atoms with Gasteiger partial charge in [-0.25, -0.2) is 0 Å². The lowest BCUT2D eigenvalue weighted by Crippen LogP contribution is -2.54. The highest BCUT2D eigenvalue weighted by Crippen LogP contribution is 2.21. The Kier molecular flexibility index (Phi) is 4.09. The molecule has 2 rings (SSSR count). The summed E-state index contributed by atoms with van der Waals surface area (Å²) in [6.45, 7) is 8.34. The van der Waals surface area contributed by atoms with Crippen molar-refractivity contribution in [2.75, 3.05) is 26.2 Å². The average molecular weight is 247 g/mol. The number of Topliss-reactive ketones (excluding diaryl/α,β-unsaturated/α-hetero) is 1. The van der Waals surface area contributed by atoms with Crippen molar-refractivity contribution in [1.82, 2.24) is 15.2 Å². The molecule has 1 aliphatic heterocycles. The molecule has 0 atom stereocenters. The third-order valence-corrected chi connectivity index (χ3v) is 3.57. The fourth-order valence-corrected chi connectivity index (χ4v) is 2.41. The van der Waals surface area contributed by atoms with E-state index in [1.807, 2.05) is 0 Å². The largest absolute Gasteiger partial charge is 0.314 e. The van der Waals surface area contributed by atoms with Crippen LogP contribution in [0.4, 0.5) is 0 Å². The second-order valence-electron chi connectivity index (χ2n) is 5.39. The highest BCUT2D eigenvalue weighted by atomic mass is 16.1. The van der Waals surface area contributed by atoms with Gasteiger partial charge in [-0.3, -0.25) is 14.7 Å².